The number of rotatable bonds is 5. The lowest BCUT2D eigenvalue weighted by molar-refractivity contribution is 0.251. The van der Waals surface area contributed by atoms with Crippen molar-refractivity contribution < 1.29 is 8.42 Å². The number of aromatic nitrogens is 1. The van der Waals surface area contributed by atoms with Crippen LogP contribution in [0.5, 0.6) is 0 Å². The Hall–Kier alpha value is -0.500. The molecule has 1 aromatic rings. The van der Waals surface area contributed by atoms with E-state index in [0.29, 0.717) is 5.75 Å². The maximum absolute atomic E-state index is 11.4. The Morgan fingerprint density at radius 2 is 2.39 bits per heavy atom. The topological polar surface area (TPSA) is 62.3 Å². The van der Waals surface area contributed by atoms with Gasteiger partial charge in [0.1, 0.15) is 5.01 Å². The fraction of sp³-hybridized carbons (Fsp3) is 0.727. The van der Waals surface area contributed by atoms with Crippen LogP contribution in [-0.2, 0) is 22.9 Å². The maximum atomic E-state index is 11.4. The molecule has 7 heteroatoms. The van der Waals surface area contributed by atoms with E-state index in [1.54, 1.807) is 11.3 Å². The summed E-state index contributed by atoms with van der Waals surface area (Å²) in [4.78, 5) is 6.61. The van der Waals surface area contributed by atoms with Crippen LogP contribution in [0.2, 0.25) is 0 Å². The van der Waals surface area contributed by atoms with E-state index >= 15 is 0 Å². The van der Waals surface area contributed by atoms with Crippen molar-refractivity contribution in [2.45, 2.75) is 25.6 Å². The van der Waals surface area contributed by atoms with E-state index in [0.717, 1.165) is 30.2 Å². The first-order chi connectivity index (χ1) is 8.50. The molecule has 1 N–H and O–H groups in total. The van der Waals surface area contributed by atoms with Gasteiger partial charge < -0.3 is 5.32 Å². The van der Waals surface area contributed by atoms with Crippen LogP contribution in [0, 0.1) is 0 Å². The third-order valence-corrected chi connectivity index (χ3v) is 5.82. The molecular weight excluding hydrogens is 270 g/mol. The van der Waals surface area contributed by atoms with E-state index in [1.165, 1.54) is 0 Å². The second kappa shape index (κ2) is 5.64. The molecule has 1 aromatic heterocycles. The molecule has 1 aliphatic heterocycles. The summed E-state index contributed by atoms with van der Waals surface area (Å²) < 4.78 is 22.9. The minimum atomic E-state index is -2.81. The quantitative estimate of drug-likeness (QED) is 0.854. The van der Waals surface area contributed by atoms with Crippen LogP contribution in [-0.4, -0.2) is 49.9 Å². The van der Waals surface area contributed by atoms with Crippen LogP contribution >= 0.6 is 11.3 Å². The Morgan fingerprint density at radius 3 is 3.00 bits per heavy atom. The number of hydrogen-bond acceptors (Lipinski definition) is 6. The minimum Gasteiger partial charge on any atom is -0.314 e. The van der Waals surface area contributed by atoms with Crippen molar-refractivity contribution in [3.05, 3.63) is 16.1 Å². The van der Waals surface area contributed by atoms with Gasteiger partial charge in [0.05, 0.1) is 17.2 Å². The zero-order valence-electron chi connectivity index (χ0n) is 10.7. The first-order valence-electron chi connectivity index (χ1n) is 5.99. The van der Waals surface area contributed by atoms with Crippen LogP contribution in [0.1, 0.15) is 17.1 Å². The largest absolute Gasteiger partial charge is 0.314 e. The van der Waals surface area contributed by atoms with Crippen molar-refractivity contribution in [3.8, 4) is 0 Å². The fourth-order valence-corrected chi connectivity index (χ4v) is 4.76. The number of thiazole rings is 1. The average Bonchev–Trinajstić information content (AvgIpc) is 2.86. The Labute approximate surface area is 112 Å². The summed E-state index contributed by atoms with van der Waals surface area (Å²) in [6, 6.07) is 0.143. The van der Waals surface area contributed by atoms with Gasteiger partial charge in [-0.15, -0.1) is 11.3 Å². The van der Waals surface area contributed by atoms with Crippen LogP contribution < -0.4 is 5.32 Å². The zero-order valence-corrected chi connectivity index (χ0v) is 12.4. The van der Waals surface area contributed by atoms with Gasteiger partial charge in [-0.2, -0.15) is 0 Å². The summed E-state index contributed by atoms with van der Waals surface area (Å²) in [7, 11) is 1.07. The standard InChI is InChI=1S/C11H19N3O2S2/c1-12-5-11-13-9(7-17-11)6-14(2)10-3-4-18(15,16)8-10/h7,10,12H,3-6,8H2,1-2H3. The summed E-state index contributed by atoms with van der Waals surface area (Å²) >= 11 is 1.64. The molecule has 0 amide bonds. The highest BCUT2D eigenvalue weighted by Gasteiger charge is 2.30. The van der Waals surface area contributed by atoms with Gasteiger partial charge in [-0.1, -0.05) is 0 Å². The summed E-state index contributed by atoms with van der Waals surface area (Å²) in [6.07, 6.45) is 0.742. The molecule has 0 aromatic carbocycles. The molecule has 0 radical (unpaired) electrons. The zero-order chi connectivity index (χ0) is 13.2. The summed E-state index contributed by atoms with van der Waals surface area (Å²) in [5.74, 6) is 0.612. The second-order valence-corrected chi connectivity index (χ2v) is 7.91. The van der Waals surface area contributed by atoms with Gasteiger partial charge in [-0.05, 0) is 20.5 Å². The molecule has 1 atom stereocenters. The molecule has 0 bridgehead atoms. The number of hydrogen-bond donors (Lipinski definition) is 1. The Bertz CT molecular complexity index is 498. The van der Waals surface area contributed by atoms with E-state index in [2.05, 4.69) is 15.2 Å². The molecule has 1 fully saturated rings. The Balaban J connectivity index is 1.92. The lowest BCUT2D eigenvalue weighted by Gasteiger charge is -2.21. The monoisotopic (exact) mass is 289 g/mol. The van der Waals surface area contributed by atoms with Crippen LogP contribution in [0.3, 0.4) is 0 Å². The SMILES string of the molecule is CNCc1nc(CN(C)C2CCS(=O)(=O)C2)cs1. The minimum absolute atomic E-state index is 0.143. The van der Waals surface area contributed by atoms with Crippen molar-refractivity contribution in [1.29, 1.82) is 0 Å². The Kier molecular flexibility index (Phi) is 4.37. The highest BCUT2D eigenvalue weighted by atomic mass is 32.2. The molecular formula is C11H19N3O2S2. The van der Waals surface area contributed by atoms with Gasteiger partial charge in [0.25, 0.3) is 0 Å². The lowest BCUT2D eigenvalue weighted by atomic mass is 10.2. The molecule has 0 aliphatic carbocycles. The lowest BCUT2D eigenvalue weighted by Crippen LogP contribution is -2.32. The van der Waals surface area contributed by atoms with E-state index in [1.807, 2.05) is 19.5 Å². The molecule has 0 saturated carbocycles. The first kappa shape index (κ1) is 13.9. The molecule has 1 unspecified atom stereocenters. The molecule has 18 heavy (non-hydrogen) atoms. The number of nitrogens with one attached hydrogen (secondary N) is 1. The molecule has 102 valence electrons. The molecule has 0 spiro atoms. The number of nitrogens with zero attached hydrogens (tertiary/aromatic N) is 2. The third-order valence-electron chi connectivity index (χ3n) is 3.17. The Morgan fingerprint density at radius 1 is 1.61 bits per heavy atom. The molecule has 5 nitrogen and oxygen atoms in total. The van der Waals surface area contributed by atoms with E-state index in [9.17, 15) is 8.42 Å². The van der Waals surface area contributed by atoms with Crippen LogP contribution in [0.15, 0.2) is 5.38 Å². The molecule has 1 saturated heterocycles. The highest BCUT2D eigenvalue weighted by molar-refractivity contribution is 7.91. The summed E-state index contributed by atoms with van der Waals surface area (Å²) in [6.45, 7) is 1.51. The van der Waals surface area contributed by atoms with E-state index in [4.69, 9.17) is 0 Å². The van der Waals surface area contributed by atoms with Gasteiger partial charge in [-0.25, -0.2) is 13.4 Å². The normalized spacial score (nSPS) is 22.7. The van der Waals surface area contributed by atoms with Crippen molar-refractivity contribution in [1.82, 2.24) is 15.2 Å². The van der Waals surface area contributed by atoms with Crippen LogP contribution in [0.25, 0.3) is 0 Å². The number of sulfone groups is 1. The predicted octanol–water partition coefficient (Wildman–Crippen LogP) is 0.481. The fourth-order valence-electron chi connectivity index (χ4n) is 2.16. The smallest absolute Gasteiger partial charge is 0.151 e. The van der Waals surface area contributed by atoms with Gasteiger partial charge in [0, 0.05) is 24.5 Å². The second-order valence-electron chi connectivity index (χ2n) is 4.73. The van der Waals surface area contributed by atoms with Gasteiger partial charge in [0.15, 0.2) is 9.84 Å². The first-order valence-corrected chi connectivity index (χ1v) is 8.69. The molecule has 2 heterocycles. The van der Waals surface area contributed by atoms with Gasteiger partial charge in [-0.3, -0.25) is 4.90 Å². The molecule has 2 rings (SSSR count). The summed E-state index contributed by atoms with van der Waals surface area (Å²) in [5.41, 5.74) is 1.03. The summed E-state index contributed by atoms with van der Waals surface area (Å²) in [5, 5.41) is 6.19. The average molecular weight is 289 g/mol. The van der Waals surface area contributed by atoms with Crippen molar-refractivity contribution in [2.75, 3.05) is 25.6 Å². The van der Waals surface area contributed by atoms with Crippen LogP contribution in [0.4, 0.5) is 0 Å². The molecule has 1 aliphatic rings. The van der Waals surface area contributed by atoms with Gasteiger partial charge in [0.2, 0.25) is 0 Å². The van der Waals surface area contributed by atoms with Gasteiger partial charge >= 0.3 is 0 Å². The maximum Gasteiger partial charge on any atom is 0.151 e. The van der Waals surface area contributed by atoms with E-state index in [-0.39, 0.29) is 11.8 Å². The van der Waals surface area contributed by atoms with E-state index < -0.39 is 9.84 Å². The van der Waals surface area contributed by atoms with Crippen molar-refractivity contribution in [2.24, 2.45) is 0 Å². The van der Waals surface area contributed by atoms with Crippen molar-refractivity contribution >= 4 is 21.2 Å². The highest BCUT2D eigenvalue weighted by Crippen LogP contribution is 2.19. The third kappa shape index (κ3) is 3.50. The predicted molar refractivity (Wildman–Crippen MR) is 73.4 cm³/mol. The van der Waals surface area contributed by atoms with Crippen molar-refractivity contribution in [3.63, 3.8) is 0 Å².